The van der Waals surface area contributed by atoms with E-state index in [1.165, 1.54) is 7.11 Å². The zero-order chi connectivity index (χ0) is 26.9. The molecule has 4 rings (SSSR count). The fraction of sp³-hybridized carbons (Fsp3) is 0.483. The van der Waals surface area contributed by atoms with Crippen molar-refractivity contribution in [3.63, 3.8) is 0 Å². The maximum atomic E-state index is 13.1. The third-order valence-corrected chi connectivity index (χ3v) is 6.55. The molecule has 0 radical (unpaired) electrons. The van der Waals surface area contributed by atoms with Gasteiger partial charge in [-0.05, 0) is 62.8 Å². The molecule has 9 heteroatoms. The molecule has 0 aliphatic carbocycles. The van der Waals surface area contributed by atoms with Crippen molar-refractivity contribution in [2.24, 2.45) is 0 Å². The Kier molecular flexibility index (Phi) is 9.46. The van der Waals surface area contributed by atoms with E-state index in [-0.39, 0.29) is 24.4 Å². The maximum absolute atomic E-state index is 13.1. The SMILES string of the molecule is COc1cc(OCC(=O)Nc2ccc3c(c2)OCCO3)cc2c1C(=O)O[C@H](C)CCCC(=O)CCCCC2. The molecule has 2 aromatic rings. The number of ketones is 1. The van der Waals surface area contributed by atoms with Crippen LogP contribution in [0.3, 0.4) is 0 Å². The molecular formula is C29H35NO8. The summed E-state index contributed by atoms with van der Waals surface area (Å²) in [5.41, 5.74) is 1.67. The number of benzene rings is 2. The van der Waals surface area contributed by atoms with Crippen LogP contribution in [0.1, 0.15) is 67.8 Å². The van der Waals surface area contributed by atoms with E-state index in [4.69, 9.17) is 23.7 Å². The number of hydrogen-bond donors (Lipinski definition) is 1. The van der Waals surface area contributed by atoms with Gasteiger partial charge in [0.2, 0.25) is 0 Å². The molecule has 204 valence electrons. The summed E-state index contributed by atoms with van der Waals surface area (Å²) in [6.07, 6.45) is 5.15. The Hall–Kier alpha value is -3.75. The van der Waals surface area contributed by atoms with Gasteiger partial charge in [0.15, 0.2) is 18.1 Å². The van der Waals surface area contributed by atoms with Crippen LogP contribution < -0.4 is 24.3 Å². The zero-order valence-electron chi connectivity index (χ0n) is 22.0. The van der Waals surface area contributed by atoms with Crippen LogP contribution in [0.2, 0.25) is 0 Å². The Labute approximate surface area is 222 Å². The van der Waals surface area contributed by atoms with Crippen molar-refractivity contribution in [3.8, 4) is 23.0 Å². The molecule has 0 aromatic heterocycles. The minimum absolute atomic E-state index is 0.236. The molecule has 0 unspecified atom stereocenters. The van der Waals surface area contributed by atoms with Gasteiger partial charge in [0.1, 0.15) is 36.1 Å². The van der Waals surface area contributed by atoms with Gasteiger partial charge in [0.05, 0.1) is 13.2 Å². The topological polar surface area (TPSA) is 109 Å². The van der Waals surface area contributed by atoms with Gasteiger partial charge in [0.25, 0.3) is 5.91 Å². The van der Waals surface area contributed by atoms with Crippen molar-refractivity contribution in [1.29, 1.82) is 0 Å². The van der Waals surface area contributed by atoms with Gasteiger partial charge in [0, 0.05) is 30.7 Å². The summed E-state index contributed by atoms with van der Waals surface area (Å²) in [6, 6.07) is 8.56. The molecule has 0 saturated carbocycles. The van der Waals surface area contributed by atoms with E-state index in [1.807, 2.05) is 6.92 Å². The molecule has 2 aliphatic heterocycles. The second kappa shape index (κ2) is 13.2. The molecule has 0 fully saturated rings. The number of ether oxygens (including phenoxy) is 5. The number of carbonyl (C=O) groups excluding carboxylic acids is 3. The summed E-state index contributed by atoms with van der Waals surface area (Å²) in [4.78, 5) is 37.8. The first-order chi connectivity index (χ1) is 18.4. The van der Waals surface area contributed by atoms with Gasteiger partial charge in [-0.3, -0.25) is 9.59 Å². The number of esters is 1. The van der Waals surface area contributed by atoms with Crippen LogP contribution in [0, 0.1) is 0 Å². The van der Waals surface area contributed by atoms with Gasteiger partial charge < -0.3 is 29.0 Å². The molecule has 1 atom stereocenters. The highest BCUT2D eigenvalue weighted by molar-refractivity contribution is 5.95. The summed E-state index contributed by atoms with van der Waals surface area (Å²) >= 11 is 0. The van der Waals surface area contributed by atoms with Crippen molar-refractivity contribution < 1.29 is 38.1 Å². The predicted molar refractivity (Wildman–Crippen MR) is 140 cm³/mol. The number of amides is 1. The maximum Gasteiger partial charge on any atom is 0.342 e. The third kappa shape index (κ3) is 7.40. The molecule has 2 aromatic carbocycles. The van der Waals surface area contributed by atoms with Gasteiger partial charge in [-0.15, -0.1) is 0 Å². The van der Waals surface area contributed by atoms with Crippen LogP contribution in [0.4, 0.5) is 5.69 Å². The number of cyclic esters (lactones) is 1. The van der Waals surface area contributed by atoms with E-state index in [0.717, 1.165) is 24.8 Å². The van der Waals surface area contributed by atoms with Crippen LogP contribution in [0.15, 0.2) is 30.3 Å². The lowest BCUT2D eigenvalue weighted by molar-refractivity contribution is -0.119. The number of hydrogen-bond acceptors (Lipinski definition) is 8. The van der Waals surface area contributed by atoms with Crippen LogP contribution in [0.25, 0.3) is 0 Å². The number of aryl methyl sites for hydroxylation is 1. The number of fused-ring (bicyclic) bond motifs is 2. The standard InChI is InChI=1S/C29H35NO8/c1-19-7-6-10-22(31)9-5-3-4-8-20-15-23(17-26(34-2)28(20)29(33)38-19)37-18-27(32)30-21-11-12-24-25(16-21)36-14-13-35-24/h11-12,15-17,19H,3-10,13-14,18H2,1-2H3,(H,30,32)/t19-/m1/s1. The molecule has 1 amide bonds. The number of carbonyl (C=O) groups is 3. The fourth-order valence-corrected chi connectivity index (χ4v) is 4.61. The minimum Gasteiger partial charge on any atom is -0.496 e. The molecule has 0 spiro atoms. The average molecular weight is 526 g/mol. The van der Waals surface area contributed by atoms with Gasteiger partial charge in [-0.1, -0.05) is 6.42 Å². The second-order valence-corrected chi connectivity index (χ2v) is 9.56. The smallest absolute Gasteiger partial charge is 0.342 e. The molecule has 2 aliphatic rings. The van der Waals surface area contributed by atoms with E-state index >= 15 is 0 Å². The largest absolute Gasteiger partial charge is 0.496 e. The summed E-state index contributed by atoms with van der Waals surface area (Å²) in [6.45, 7) is 2.55. The lowest BCUT2D eigenvalue weighted by Gasteiger charge is -2.19. The molecular weight excluding hydrogens is 490 g/mol. The Bertz CT molecular complexity index is 1160. The van der Waals surface area contributed by atoms with Crippen LogP contribution in [-0.2, 0) is 20.7 Å². The lowest BCUT2D eigenvalue weighted by Crippen LogP contribution is -2.21. The second-order valence-electron chi connectivity index (χ2n) is 9.56. The third-order valence-electron chi connectivity index (χ3n) is 6.55. The van der Waals surface area contributed by atoms with Gasteiger partial charge in [-0.25, -0.2) is 4.79 Å². The van der Waals surface area contributed by atoms with Crippen LogP contribution in [0.5, 0.6) is 23.0 Å². The van der Waals surface area contributed by atoms with Crippen LogP contribution in [-0.4, -0.2) is 50.7 Å². The highest BCUT2D eigenvalue weighted by Gasteiger charge is 2.23. The van der Waals surface area contributed by atoms with E-state index in [0.29, 0.717) is 79.6 Å². The number of Topliss-reactive ketones (excluding diaryl/α,β-unsaturated/α-hetero) is 1. The highest BCUT2D eigenvalue weighted by atomic mass is 16.6. The van der Waals surface area contributed by atoms with Crippen LogP contribution >= 0.6 is 0 Å². The first kappa shape index (κ1) is 27.3. The van der Waals surface area contributed by atoms with Gasteiger partial charge >= 0.3 is 5.97 Å². The minimum atomic E-state index is -0.462. The average Bonchev–Trinajstić information content (AvgIpc) is 2.90. The summed E-state index contributed by atoms with van der Waals surface area (Å²) < 4.78 is 28.1. The van der Waals surface area contributed by atoms with E-state index < -0.39 is 5.97 Å². The number of methoxy groups -OCH3 is 1. The lowest BCUT2D eigenvalue weighted by atomic mass is 9.98. The molecule has 0 bridgehead atoms. The zero-order valence-corrected chi connectivity index (χ0v) is 22.0. The molecule has 9 nitrogen and oxygen atoms in total. The van der Waals surface area contributed by atoms with Crippen molar-refractivity contribution in [1.82, 2.24) is 0 Å². The number of nitrogens with one attached hydrogen (secondary N) is 1. The Morgan fingerprint density at radius 1 is 0.974 bits per heavy atom. The number of anilines is 1. The Morgan fingerprint density at radius 2 is 1.74 bits per heavy atom. The summed E-state index contributed by atoms with van der Waals surface area (Å²) in [5.74, 6) is 1.42. The summed E-state index contributed by atoms with van der Waals surface area (Å²) in [7, 11) is 1.49. The Morgan fingerprint density at radius 3 is 2.55 bits per heavy atom. The fourth-order valence-electron chi connectivity index (χ4n) is 4.61. The van der Waals surface area contributed by atoms with E-state index in [2.05, 4.69) is 5.32 Å². The molecule has 0 saturated heterocycles. The molecule has 1 N–H and O–H groups in total. The summed E-state index contributed by atoms with van der Waals surface area (Å²) in [5, 5.41) is 2.79. The molecule has 2 heterocycles. The normalized spacial score (nSPS) is 18.4. The highest BCUT2D eigenvalue weighted by Crippen LogP contribution is 2.33. The number of rotatable bonds is 5. The predicted octanol–water partition coefficient (Wildman–Crippen LogP) is 4.89. The van der Waals surface area contributed by atoms with E-state index in [1.54, 1.807) is 30.3 Å². The first-order valence-corrected chi connectivity index (χ1v) is 13.2. The van der Waals surface area contributed by atoms with Crippen molar-refractivity contribution in [2.45, 2.75) is 64.4 Å². The quantitative estimate of drug-likeness (QED) is 0.550. The Balaban J connectivity index is 1.46. The molecule has 38 heavy (non-hydrogen) atoms. The first-order valence-electron chi connectivity index (χ1n) is 13.2. The van der Waals surface area contributed by atoms with Crippen molar-refractivity contribution in [2.75, 3.05) is 32.2 Å². The van der Waals surface area contributed by atoms with Crippen molar-refractivity contribution >= 4 is 23.3 Å². The van der Waals surface area contributed by atoms with Gasteiger partial charge in [-0.2, -0.15) is 0 Å². The van der Waals surface area contributed by atoms with Crippen molar-refractivity contribution in [3.05, 3.63) is 41.5 Å². The van der Waals surface area contributed by atoms with E-state index in [9.17, 15) is 14.4 Å². The monoisotopic (exact) mass is 525 g/mol.